The van der Waals surface area contributed by atoms with E-state index < -0.39 is 0 Å². The summed E-state index contributed by atoms with van der Waals surface area (Å²) in [7, 11) is 1.92. The Labute approximate surface area is 149 Å². The highest BCUT2D eigenvalue weighted by Crippen LogP contribution is 2.24. The van der Waals surface area contributed by atoms with Crippen molar-refractivity contribution >= 4 is 27.5 Å². The van der Waals surface area contributed by atoms with Crippen molar-refractivity contribution < 1.29 is 4.79 Å². The molecule has 0 aliphatic carbocycles. The lowest BCUT2D eigenvalue weighted by molar-refractivity contribution is -0.122. The van der Waals surface area contributed by atoms with Gasteiger partial charge < -0.3 is 10.6 Å². The summed E-state index contributed by atoms with van der Waals surface area (Å²) in [5.74, 6) is 0.584. The summed E-state index contributed by atoms with van der Waals surface area (Å²) < 4.78 is 1.22. The molecule has 2 N–H and O–H groups in total. The Hall–Kier alpha value is -1.46. The van der Waals surface area contributed by atoms with Crippen LogP contribution in [0.4, 0.5) is 0 Å². The van der Waals surface area contributed by atoms with E-state index in [0.717, 1.165) is 29.9 Å². The second-order valence-electron chi connectivity index (χ2n) is 6.38. The van der Waals surface area contributed by atoms with Gasteiger partial charge in [-0.1, -0.05) is 33.3 Å². The van der Waals surface area contributed by atoms with E-state index in [2.05, 4.69) is 54.6 Å². The fourth-order valence-electron chi connectivity index (χ4n) is 2.74. The van der Waals surface area contributed by atoms with Gasteiger partial charge >= 0.3 is 0 Å². The molecule has 0 aliphatic heterocycles. The zero-order chi connectivity index (χ0) is 17.5. The molecular formula is C19H29N3OS. The van der Waals surface area contributed by atoms with Crippen molar-refractivity contribution in [3.63, 3.8) is 0 Å². The third-order valence-corrected chi connectivity index (χ3v) is 5.65. The van der Waals surface area contributed by atoms with E-state index in [9.17, 15) is 4.79 Å². The average molecular weight is 348 g/mol. The first-order valence-corrected chi connectivity index (χ1v) is 9.71. The van der Waals surface area contributed by atoms with Crippen molar-refractivity contribution in [1.29, 1.82) is 0 Å². The third-order valence-electron chi connectivity index (χ3n) is 4.57. The van der Waals surface area contributed by atoms with Gasteiger partial charge in [0.1, 0.15) is 0 Å². The minimum Gasteiger partial charge on any atom is -0.352 e. The van der Waals surface area contributed by atoms with E-state index in [1.807, 2.05) is 7.05 Å². The van der Waals surface area contributed by atoms with Crippen LogP contribution in [-0.2, 0) is 17.6 Å². The zero-order valence-electron chi connectivity index (χ0n) is 15.2. The van der Waals surface area contributed by atoms with Crippen LogP contribution < -0.4 is 10.6 Å². The van der Waals surface area contributed by atoms with Crippen LogP contribution in [0, 0.1) is 5.92 Å². The Balaban J connectivity index is 1.93. The molecule has 1 aromatic heterocycles. The second kappa shape index (κ2) is 9.14. The first kappa shape index (κ1) is 18.9. The summed E-state index contributed by atoms with van der Waals surface area (Å²) in [4.78, 5) is 16.9. The maximum atomic E-state index is 12.3. The van der Waals surface area contributed by atoms with Gasteiger partial charge in [0.25, 0.3) is 0 Å². The summed E-state index contributed by atoms with van der Waals surface area (Å²) >= 11 is 1.71. The Morgan fingerprint density at radius 3 is 2.79 bits per heavy atom. The first-order valence-electron chi connectivity index (χ1n) is 8.89. The van der Waals surface area contributed by atoms with Crippen molar-refractivity contribution in [1.82, 2.24) is 15.6 Å². The number of fused-ring (bicyclic) bond motifs is 1. The number of benzene rings is 1. The molecule has 0 bridgehead atoms. The summed E-state index contributed by atoms with van der Waals surface area (Å²) in [5.41, 5.74) is 2.37. The van der Waals surface area contributed by atoms with Crippen LogP contribution in [0.5, 0.6) is 0 Å². The molecule has 2 atom stereocenters. The highest BCUT2D eigenvalue weighted by Gasteiger charge is 2.17. The number of hydrogen-bond donors (Lipinski definition) is 2. The molecular weight excluding hydrogens is 318 g/mol. The number of amides is 1. The average Bonchev–Trinajstić information content (AvgIpc) is 3.00. The van der Waals surface area contributed by atoms with Crippen molar-refractivity contribution in [2.75, 3.05) is 13.6 Å². The lowest BCUT2D eigenvalue weighted by Crippen LogP contribution is -2.45. The molecule has 0 aliphatic rings. The number of carbonyl (C=O) groups is 1. The van der Waals surface area contributed by atoms with Crippen molar-refractivity contribution in [2.45, 2.75) is 52.5 Å². The number of likely N-dealkylation sites (N-methyl/N-ethyl adjacent to an activating group) is 1. The molecule has 5 heteroatoms. The Kier molecular flexibility index (Phi) is 7.18. The van der Waals surface area contributed by atoms with Gasteiger partial charge in [0.15, 0.2) is 0 Å². The molecule has 1 heterocycles. The molecule has 132 valence electrons. The minimum atomic E-state index is 0.115. The zero-order valence-corrected chi connectivity index (χ0v) is 16.0. The molecule has 1 amide bonds. The fourth-order valence-corrected chi connectivity index (χ4v) is 3.77. The van der Waals surface area contributed by atoms with Crippen molar-refractivity contribution in [2.24, 2.45) is 5.92 Å². The maximum Gasteiger partial charge on any atom is 0.220 e. The summed E-state index contributed by atoms with van der Waals surface area (Å²) in [6, 6.07) is 6.62. The quantitative estimate of drug-likeness (QED) is 0.729. The maximum absolute atomic E-state index is 12.3. The van der Waals surface area contributed by atoms with Crippen LogP contribution in [0.1, 0.15) is 44.2 Å². The van der Waals surface area contributed by atoms with Gasteiger partial charge in [-0.3, -0.25) is 4.79 Å². The Bertz CT molecular complexity index is 668. The number of nitrogens with zero attached hydrogens (tertiary/aromatic N) is 1. The van der Waals surface area contributed by atoms with E-state index in [1.54, 1.807) is 11.3 Å². The van der Waals surface area contributed by atoms with Crippen LogP contribution in [0.3, 0.4) is 0 Å². The highest BCUT2D eigenvalue weighted by molar-refractivity contribution is 7.18. The van der Waals surface area contributed by atoms with Crippen LogP contribution in [-0.4, -0.2) is 30.5 Å². The summed E-state index contributed by atoms with van der Waals surface area (Å²) in [5, 5.41) is 7.38. The van der Waals surface area contributed by atoms with Gasteiger partial charge in [-0.2, -0.15) is 0 Å². The van der Waals surface area contributed by atoms with Crippen LogP contribution in [0.25, 0.3) is 10.2 Å². The van der Waals surface area contributed by atoms with Gasteiger partial charge in [0.05, 0.1) is 15.2 Å². The van der Waals surface area contributed by atoms with Gasteiger partial charge in [-0.15, -0.1) is 11.3 Å². The SMILES string of the molecule is CCc1ccc2nc(CCC(=O)NC(CNC)C(C)CC)sc2c1. The molecule has 1 aromatic carbocycles. The topological polar surface area (TPSA) is 54.0 Å². The predicted octanol–water partition coefficient (Wildman–Crippen LogP) is 3.54. The van der Waals surface area contributed by atoms with Crippen LogP contribution >= 0.6 is 11.3 Å². The van der Waals surface area contributed by atoms with Gasteiger partial charge in [-0.05, 0) is 37.1 Å². The Morgan fingerprint density at radius 2 is 2.12 bits per heavy atom. The molecule has 0 radical (unpaired) electrons. The largest absolute Gasteiger partial charge is 0.352 e. The fraction of sp³-hybridized carbons (Fsp3) is 0.579. The number of thiazole rings is 1. The normalized spacial score (nSPS) is 13.8. The molecule has 0 saturated carbocycles. The highest BCUT2D eigenvalue weighted by atomic mass is 32.1. The molecule has 0 spiro atoms. The van der Waals surface area contributed by atoms with Gasteiger partial charge in [-0.25, -0.2) is 4.98 Å². The Morgan fingerprint density at radius 1 is 1.33 bits per heavy atom. The lowest BCUT2D eigenvalue weighted by Gasteiger charge is -2.24. The smallest absolute Gasteiger partial charge is 0.220 e. The predicted molar refractivity (Wildman–Crippen MR) is 103 cm³/mol. The van der Waals surface area contributed by atoms with E-state index in [0.29, 0.717) is 18.8 Å². The number of hydrogen-bond acceptors (Lipinski definition) is 4. The number of rotatable bonds is 9. The minimum absolute atomic E-state index is 0.115. The molecule has 2 rings (SSSR count). The van der Waals surface area contributed by atoms with Crippen LogP contribution in [0.15, 0.2) is 18.2 Å². The van der Waals surface area contributed by atoms with Crippen LogP contribution in [0.2, 0.25) is 0 Å². The first-order chi connectivity index (χ1) is 11.6. The molecule has 2 unspecified atom stereocenters. The molecule has 0 fully saturated rings. The van der Waals surface area contributed by atoms with E-state index in [1.165, 1.54) is 10.3 Å². The standard InChI is InChI=1S/C19H29N3OS/c1-5-13(3)16(12-20-4)21-18(23)9-10-19-22-15-8-7-14(6-2)11-17(15)24-19/h7-8,11,13,16,20H,5-6,9-10,12H2,1-4H3,(H,21,23). The molecule has 4 nitrogen and oxygen atoms in total. The molecule has 0 saturated heterocycles. The number of nitrogens with one attached hydrogen (secondary N) is 2. The summed E-state index contributed by atoms with van der Waals surface area (Å²) in [6.45, 7) is 7.31. The number of aromatic nitrogens is 1. The van der Waals surface area contributed by atoms with Gasteiger partial charge in [0.2, 0.25) is 5.91 Å². The second-order valence-corrected chi connectivity index (χ2v) is 7.50. The van der Waals surface area contributed by atoms with Crippen molar-refractivity contribution in [3.8, 4) is 0 Å². The molecule has 24 heavy (non-hydrogen) atoms. The molecule has 2 aromatic rings. The third kappa shape index (κ3) is 5.02. The van der Waals surface area contributed by atoms with Crippen molar-refractivity contribution in [3.05, 3.63) is 28.8 Å². The lowest BCUT2D eigenvalue weighted by atomic mass is 9.99. The van der Waals surface area contributed by atoms with E-state index >= 15 is 0 Å². The monoisotopic (exact) mass is 347 g/mol. The number of carbonyl (C=O) groups excluding carboxylic acids is 1. The van der Waals surface area contributed by atoms with E-state index in [4.69, 9.17) is 0 Å². The number of aryl methyl sites for hydroxylation is 2. The van der Waals surface area contributed by atoms with E-state index in [-0.39, 0.29) is 11.9 Å². The van der Waals surface area contributed by atoms with Gasteiger partial charge in [0, 0.05) is 25.4 Å². The summed E-state index contributed by atoms with van der Waals surface area (Å²) in [6.07, 6.45) is 3.30.